The lowest BCUT2D eigenvalue weighted by molar-refractivity contribution is 0.0655. The Morgan fingerprint density at radius 1 is 0.639 bits per heavy atom. The molecule has 0 saturated carbocycles. The second-order valence-electron chi connectivity index (χ2n) is 8.66. The van der Waals surface area contributed by atoms with Crippen LogP contribution in [0.5, 0.6) is 0 Å². The normalized spacial score (nSPS) is 12.8. The van der Waals surface area contributed by atoms with Crippen LogP contribution < -0.4 is 5.56 Å². The van der Waals surface area contributed by atoms with E-state index in [0.29, 0.717) is 33.5 Å². The lowest BCUT2D eigenvalue weighted by atomic mass is 10.1. The monoisotopic (exact) mass is 471 g/mol. The number of hydrogen-bond donors (Lipinski definition) is 0. The number of para-hydroxylation sites is 1. The van der Waals surface area contributed by atoms with Crippen molar-refractivity contribution in [3.05, 3.63) is 130 Å². The highest BCUT2D eigenvalue weighted by molar-refractivity contribution is 6.21. The third-order valence-corrected chi connectivity index (χ3v) is 6.49. The highest BCUT2D eigenvalue weighted by Crippen LogP contribution is 2.25. The molecule has 0 bridgehead atoms. The standard InChI is InChI=1S/C30H21N3O3/c34-28-23-13-4-5-14-24(23)29(35)32(28)18-17-27-31-26-16-7-6-15-25(26)30(36)33(27)22-12-8-11-21(19-22)20-9-2-1-3-10-20/h1-16,19H,17-18H2. The molecule has 5 aromatic rings. The van der Waals surface area contributed by atoms with Gasteiger partial charge in [0.2, 0.25) is 0 Å². The molecule has 0 N–H and O–H groups in total. The predicted octanol–water partition coefficient (Wildman–Crippen LogP) is 4.89. The summed E-state index contributed by atoms with van der Waals surface area (Å²) >= 11 is 0. The van der Waals surface area contributed by atoms with Crippen LogP contribution in [-0.4, -0.2) is 32.8 Å². The summed E-state index contributed by atoms with van der Waals surface area (Å²) in [5.74, 6) is -0.159. The summed E-state index contributed by atoms with van der Waals surface area (Å²) in [5, 5.41) is 0.507. The number of carbonyl (C=O) groups excluding carboxylic acids is 2. The van der Waals surface area contributed by atoms with Gasteiger partial charge in [-0.15, -0.1) is 0 Å². The molecule has 2 amide bonds. The van der Waals surface area contributed by atoms with Crippen molar-refractivity contribution in [2.45, 2.75) is 6.42 Å². The molecule has 6 heteroatoms. The van der Waals surface area contributed by atoms with E-state index in [1.54, 1.807) is 41.0 Å². The van der Waals surface area contributed by atoms with Crippen molar-refractivity contribution in [3.8, 4) is 16.8 Å². The molecule has 36 heavy (non-hydrogen) atoms. The number of nitrogens with zero attached hydrogens (tertiary/aromatic N) is 3. The van der Waals surface area contributed by atoms with Gasteiger partial charge in [-0.25, -0.2) is 4.98 Å². The van der Waals surface area contributed by atoms with Gasteiger partial charge in [0.15, 0.2) is 0 Å². The van der Waals surface area contributed by atoms with Crippen molar-refractivity contribution < 1.29 is 9.59 Å². The van der Waals surface area contributed by atoms with Gasteiger partial charge in [0.05, 0.1) is 27.7 Å². The fourth-order valence-electron chi connectivity index (χ4n) is 4.72. The maximum atomic E-state index is 13.7. The van der Waals surface area contributed by atoms with Gasteiger partial charge in [0.25, 0.3) is 17.4 Å². The van der Waals surface area contributed by atoms with Crippen LogP contribution in [0.15, 0.2) is 108 Å². The molecule has 2 heterocycles. The number of hydrogen-bond acceptors (Lipinski definition) is 4. The zero-order chi connectivity index (χ0) is 24.6. The van der Waals surface area contributed by atoms with E-state index in [1.165, 1.54) is 4.90 Å². The molecular weight excluding hydrogens is 450 g/mol. The summed E-state index contributed by atoms with van der Waals surface area (Å²) < 4.78 is 1.59. The number of imide groups is 1. The molecule has 0 aliphatic carbocycles. The van der Waals surface area contributed by atoms with E-state index < -0.39 is 0 Å². The first kappa shape index (κ1) is 21.7. The van der Waals surface area contributed by atoms with E-state index >= 15 is 0 Å². The second-order valence-corrected chi connectivity index (χ2v) is 8.66. The molecule has 0 unspecified atom stereocenters. The van der Waals surface area contributed by atoms with E-state index in [4.69, 9.17) is 4.98 Å². The Bertz CT molecular complexity index is 1670. The Labute approximate surface area is 207 Å². The molecule has 0 atom stereocenters. The summed E-state index contributed by atoms with van der Waals surface area (Å²) in [4.78, 5) is 45.5. The van der Waals surface area contributed by atoms with Gasteiger partial charge in [0, 0.05) is 13.0 Å². The van der Waals surface area contributed by atoms with Crippen molar-refractivity contribution >= 4 is 22.7 Å². The number of rotatable bonds is 5. The Kier molecular flexibility index (Phi) is 5.26. The summed E-state index contributed by atoms with van der Waals surface area (Å²) in [6.07, 6.45) is 0.237. The van der Waals surface area contributed by atoms with Crippen molar-refractivity contribution in [2.24, 2.45) is 0 Å². The van der Waals surface area contributed by atoms with Crippen LogP contribution in [0.3, 0.4) is 0 Å². The first-order valence-corrected chi connectivity index (χ1v) is 11.7. The first-order chi connectivity index (χ1) is 17.6. The fraction of sp³-hybridized carbons (Fsp3) is 0.0667. The third-order valence-electron chi connectivity index (χ3n) is 6.49. The first-order valence-electron chi connectivity index (χ1n) is 11.7. The molecule has 0 fully saturated rings. The maximum Gasteiger partial charge on any atom is 0.265 e. The zero-order valence-electron chi connectivity index (χ0n) is 19.3. The quantitative estimate of drug-likeness (QED) is 0.342. The minimum atomic E-state index is -0.323. The molecule has 0 radical (unpaired) electrons. The summed E-state index contributed by atoms with van der Waals surface area (Å²) in [6.45, 7) is 0.121. The largest absolute Gasteiger partial charge is 0.274 e. The number of fused-ring (bicyclic) bond motifs is 2. The molecule has 6 rings (SSSR count). The molecule has 174 valence electrons. The lowest BCUT2D eigenvalue weighted by Crippen LogP contribution is -2.33. The number of amides is 2. The van der Waals surface area contributed by atoms with Crippen LogP contribution in [0.2, 0.25) is 0 Å². The highest BCUT2D eigenvalue weighted by atomic mass is 16.2. The van der Waals surface area contributed by atoms with E-state index in [2.05, 4.69) is 0 Å². The fourth-order valence-corrected chi connectivity index (χ4v) is 4.72. The summed E-state index contributed by atoms with van der Waals surface area (Å²) in [7, 11) is 0. The summed E-state index contributed by atoms with van der Waals surface area (Å²) in [5.41, 5.74) is 3.88. The number of aromatic nitrogens is 2. The average Bonchev–Trinajstić information content (AvgIpc) is 3.17. The van der Waals surface area contributed by atoms with Crippen LogP contribution in [0.1, 0.15) is 26.5 Å². The van der Waals surface area contributed by atoms with Crippen LogP contribution >= 0.6 is 0 Å². The second kappa shape index (κ2) is 8.74. The molecule has 4 aromatic carbocycles. The number of carbonyl (C=O) groups is 2. The van der Waals surface area contributed by atoms with Crippen LogP contribution in [0.25, 0.3) is 27.7 Å². The average molecular weight is 472 g/mol. The lowest BCUT2D eigenvalue weighted by Gasteiger charge is -2.17. The Morgan fingerprint density at radius 2 is 1.28 bits per heavy atom. The molecule has 0 saturated heterocycles. The van der Waals surface area contributed by atoms with E-state index in [0.717, 1.165) is 11.1 Å². The molecule has 1 aromatic heterocycles. The van der Waals surface area contributed by atoms with Gasteiger partial charge in [0.1, 0.15) is 5.82 Å². The van der Waals surface area contributed by atoms with Crippen molar-refractivity contribution in [1.82, 2.24) is 14.5 Å². The Balaban J connectivity index is 1.43. The zero-order valence-corrected chi connectivity index (χ0v) is 19.3. The molecular formula is C30H21N3O3. The third kappa shape index (κ3) is 3.60. The van der Waals surface area contributed by atoms with Gasteiger partial charge in [-0.1, -0.05) is 66.7 Å². The van der Waals surface area contributed by atoms with E-state index in [1.807, 2.05) is 66.7 Å². The Morgan fingerprint density at radius 3 is 2.03 bits per heavy atom. The van der Waals surface area contributed by atoms with Crippen molar-refractivity contribution in [1.29, 1.82) is 0 Å². The van der Waals surface area contributed by atoms with Gasteiger partial charge in [-0.05, 0) is 47.5 Å². The van der Waals surface area contributed by atoms with Gasteiger partial charge >= 0.3 is 0 Å². The minimum Gasteiger partial charge on any atom is -0.274 e. The predicted molar refractivity (Wildman–Crippen MR) is 138 cm³/mol. The van der Waals surface area contributed by atoms with Crippen LogP contribution in [0, 0.1) is 0 Å². The van der Waals surface area contributed by atoms with E-state index in [9.17, 15) is 14.4 Å². The van der Waals surface area contributed by atoms with E-state index in [-0.39, 0.29) is 30.3 Å². The van der Waals surface area contributed by atoms with Crippen LogP contribution in [-0.2, 0) is 6.42 Å². The van der Waals surface area contributed by atoms with Gasteiger partial charge in [-0.2, -0.15) is 0 Å². The molecule has 0 spiro atoms. The highest BCUT2D eigenvalue weighted by Gasteiger charge is 2.35. The SMILES string of the molecule is O=C1c2ccccc2C(=O)N1CCc1nc2ccccc2c(=O)n1-c1cccc(-c2ccccc2)c1. The maximum absolute atomic E-state index is 13.7. The molecule has 1 aliphatic rings. The van der Waals surface area contributed by atoms with Crippen LogP contribution in [0.4, 0.5) is 0 Å². The van der Waals surface area contributed by atoms with Crippen molar-refractivity contribution in [3.63, 3.8) is 0 Å². The van der Waals surface area contributed by atoms with Gasteiger partial charge < -0.3 is 0 Å². The molecule has 1 aliphatic heterocycles. The van der Waals surface area contributed by atoms with Gasteiger partial charge in [-0.3, -0.25) is 23.9 Å². The van der Waals surface area contributed by atoms with Crippen molar-refractivity contribution in [2.75, 3.05) is 6.54 Å². The Hall–Kier alpha value is -4.84. The topological polar surface area (TPSA) is 72.3 Å². The summed E-state index contributed by atoms with van der Waals surface area (Å²) in [6, 6.07) is 31.7. The molecule has 6 nitrogen and oxygen atoms in total. The minimum absolute atomic E-state index is 0.121. The smallest absolute Gasteiger partial charge is 0.265 e. The number of benzene rings is 4.